The van der Waals surface area contributed by atoms with Crippen LogP contribution < -0.4 is 10.6 Å². The lowest BCUT2D eigenvalue weighted by Gasteiger charge is -2.32. The first-order valence-electron chi connectivity index (χ1n) is 9.43. The van der Waals surface area contributed by atoms with Gasteiger partial charge in [0.2, 0.25) is 0 Å². The molecule has 4 rings (SSSR count). The lowest BCUT2D eigenvalue weighted by atomic mass is 9.91. The van der Waals surface area contributed by atoms with Gasteiger partial charge in [0.15, 0.2) is 5.82 Å². The molecule has 0 radical (unpaired) electrons. The van der Waals surface area contributed by atoms with Gasteiger partial charge in [-0.15, -0.1) is 0 Å². The van der Waals surface area contributed by atoms with Crippen molar-refractivity contribution < 1.29 is 27.1 Å². The Morgan fingerprint density at radius 2 is 2.16 bits per heavy atom. The van der Waals surface area contributed by atoms with E-state index in [0.29, 0.717) is 13.2 Å². The molecular weight excluding hydrogens is 420 g/mol. The second-order valence-corrected chi connectivity index (χ2v) is 7.00. The summed E-state index contributed by atoms with van der Waals surface area (Å²) in [4.78, 5) is 19.4. The van der Waals surface area contributed by atoms with E-state index >= 15 is 0 Å². The minimum atomic E-state index is -4.63. The number of alkyl halides is 4. The van der Waals surface area contributed by atoms with E-state index in [0.717, 1.165) is 23.6 Å². The van der Waals surface area contributed by atoms with Gasteiger partial charge in [-0.2, -0.15) is 18.3 Å². The van der Waals surface area contributed by atoms with E-state index in [1.807, 2.05) is 0 Å². The van der Waals surface area contributed by atoms with Gasteiger partial charge >= 0.3 is 6.18 Å². The molecule has 12 heteroatoms. The Morgan fingerprint density at radius 1 is 1.32 bits per heavy atom. The lowest BCUT2D eigenvalue weighted by Crippen LogP contribution is -2.45. The highest BCUT2D eigenvalue weighted by atomic mass is 19.4. The summed E-state index contributed by atoms with van der Waals surface area (Å²) in [6, 6.07) is 0.719. The second-order valence-electron chi connectivity index (χ2n) is 7.00. The molecule has 1 amide bonds. The molecule has 0 bridgehead atoms. The van der Waals surface area contributed by atoms with E-state index in [4.69, 9.17) is 4.74 Å². The molecular formula is C19H18F4N6O2. The van der Waals surface area contributed by atoms with Gasteiger partial charge in [0, 0.05) is 37.0 Å². The van der Waals surface area contributed by atoms with Gasteiger partial charge < -0.3 is 15.4 Å². The van der Waals surface area contributed by atoms with Crippen molar-refractivity contribution in [1.82, 2.24) is 30.4 Å². The van der Waals surface area contributed by atoms with Crippen LogP contribution in [0, 0.1) is 5.92 Å². The average Bonchev–Trinajstić information content (AvgIpc) is 3.25. The fourth-order valence-electron chi connectivity index (χ4n) is 3.30. The summed E-state index contributed by atoms with van der Waals surface area (Å²) in [6.07, 6.45) is 1.45. The van der Waals surface area contributed by atoms with Crippen LogP contribution in [0.2, 0.25) is 0 Å². The van der Waals surface area contributed by atoms with Crippen molar-refractivity contribution in [1.29, 1.82) is 0 Å². The average molecular weight is 438 g/mol. The Balaban J connectivity index is 1.42. The minimum absolute atomic E-state index is 0.0683. The van der Waals surface area contributed by atoms with Crippen molar-refractivity contribution in [2.75, 3.05) is 19.7 Å². The van der Waals surface area contributed by atoms with Crippen LogP contribution in [0.25, 0.3) is 5.82 Å². The number of rotatable bonds is 4. The van der Waals surface area contributed by atoms with Crippen molar-refractivity contribution in [2.45, 2.75) is 18.5 Å². The number of amides is 1. The SMILES string of the molecule is O=C(NC1=CC(F)C([C@H]2CNCCO2)C=C1)c1cnn(-c2cc(C(F)(F)F)ncn2)c1. The van der Waals surface area contributed by atoms with Crippen LogP contribution in [0.3, 0.4) is 0 Å². The number of hydrogen-bond acceptors (Lipinski definition) is 6. The number of nitrogens with one attached hydrogen (secondary N) is 2. The molecule has 3 atom stereocenters. The molecule has 31 heavy (non-hydrogen) atoms. The largest absolute Gasteiger partial charge is 0.433 e. The highest BCUT2D eigenvalue weighted by Crippen LogP contribution is 2.28. The topological polar surface area (TPSA) is 94.0 Å². The molecule has 1 aliphatic heterocycles. The Kier molecular flexibility index (Phi) is 5.83. The molecule has 1 fully saturated rings. The van der Waals surface area contributed by atoms with Crippen LogP contribution in [-0.2, 0) is 10.9 Å². The van der Waals surface area contributed by atoms with Crippen LogP contribution in [-0.4, -0.2) is 57.6 Å². The van der Waals surface area contributed by atoms with Gasteiger partial charge in [-0.05, 0) is 12.2 Å². The number of nitrogens with zero attached hydrogens (tertiary/aromatic N) is 4. The van der Waals surface area contributed by atoms with E-state index in [2.05, 4.69) is 25.7 Å². The van der Waals surface area contributed by atoms with Gasteiger partial charge in [0.25, 0.3) is 5.91 Å². The number of ether oxygens (including phenoxy) is 1. The summed E-state index contributed by atoms with van der Waals surface area (Å²) in [5.41, 5.74) is -0.789. The molecule has 3 heterocycles. The van der Waals surface area contributed by atoms with Crippen LogP contribution in [0.1, 0.15) is 16.1 Å². The van der Waals surface area contributed by atoms with Crippen molar-refractivity contribution in [2.24, 2.45) is 5.92 Å². The highest BCUT2D eigenvalue weighted by molar-refractivity contribution is 5.95. The predicted octanol–water partition coefficient (Wildman–Crippen LogP) is 1.81. The Bertz CT molecular complexity index is 1010. The molecule has 0 saturated carbocycles. The fraction of sp³-hybridized carbons (Fsp3) is 0.368. The maximum absolute atomic E-state index is 14.6. The van der Waals surface area contributed by atoms with Gasteiger partial charge in [-0.3, -0.25) is 4.79 Å². The summed E-state index contributed by atoms with van der Waals surface area (Å²) in [5, 5.41) is 9.59. The van der Waals surface area contributed by atoms with Crippen LogP contribution in [0.5, 0.6) is 0 Å². The normalized spacial score (nSPS) is 24.0. The molecule has 0 aromatic carbocycles. The molecule has 1 saturated heterocycles. The molecule has 8 nitrogen and oxygen atoms in total. The second kappa shape index (κ2) is 8.55. The van der Waals surface area contributed by atoms with E-state index in [9.17, 15) is 22.4 Å². The van der Waals surface area contributed by atoms with E-state index in [1.54, 1.807) is 12.2 Å². The Labute approximate surface area is 174 Å². The van der Waals surface area contributed by atoms with E-state index in [1.165, 1.54) is 18.5 Å². The van der Waals surface area contributed by atoms with Crippen LogP contribution >= 0.6 is 0 Å². The number of allylic oxidation sites excluding steroid dienone is 2. The Hall–Kier alpha value is -3.12. The summed E-state index contributed by atoms with van der Waals surface area (Å²) in [5.74, 6) is -1.20. The first-order valence-corrected chi connectivity index (χ1v) is 9.43. The number of hydrogen-bond donors (Lipinski definition) is 2. The standard InChI is InChI=1S/C19H18F4N6O2/c20-14-5-12(1-2-13(14)15-8-24-3-4-31-15)28-18(30)11-7-27-29(9-11)17-6-16(19(21,22)23)25-10-26-17/h1-2,5-7,9-10,13-15,24H,3-4,8H2,(H,28,30)/t13?,14?,15-/m1/s1. The summed E-state index contributed by atoms with van der Waals surface area (Å²) in [7, 11) is 0. The zero-order valence-corrected chi connectivity index (χ0v) is 16.0. The molecule has 2 aromatic heterocycles. The predicted molar refractivity (Wildman–Crippen MR) is 99.8 cm³/mol. The molecule has 2 N–H and O–H groups in total. The van der Waals surface area contributed by atoms with Crippen LogP contribution in [0.15, 0.2) is 48.7 Å². The van der Waals surface area contributed by atoms with Crippen molar-refractivity contribution in [3.63, 3.8) is 0 Å². The first kappa shape index (κ1) is 21.1. The summed E-state index contributed by atoms with van der Waals surface area (Å²) >= 11 is 0. The van der Waals surface area contributed by atoms with E-state index in [-0.39, 0.29) is 23.2 Å². The molecule has 0 spiro atoms. The molecule has 2 unspecified atom stereocenters. The zero-order chi connectivity index (χ0) is 22.0. The maximum Gasteiger partial charge on any atom is 0.433 e. The number of aromatic nitrogens is 4. The zero-order valence-electron chi connectivity index (χ0n) is 16.0. The van der Waals surface area contributed by atoms with Crippen LogP contribution in [0.4, 0.5) is 17.6 Å². The summed E-state index contributed by atoms with van der Waals surface area (Å²) in [6.45, 7) is 1.78. The molecule has 164 valence electrons. The monoisotopic (exact) mass is 438 g/mol. The molecule has 2 aliphatic rings. The Morgan fingerprint density at radius 3 is 2.87 bits per heavy atom. The highest BCUT2D eigenvalue weighted by Gasteiger charge is 2.33. The van der Waals surface area contributed by atoms with E-state index < -0.39 is 29.9 Å². The third-order valence-electron chi connectivity index (χ3n) is 4.87. The summed E-state index contributed by atoms with van der Waals surface area (Å²) < 4.78 is 59.6. The van der Waals surface area contributed by atoms with Crippen molar-refractivity contribution >= 4 is 5.91 Å². The molecule has 1 aliphatic carbocycles. The minimum Gasteiger partial charge on any atom is -0.375 e. The molecule has 2 aromatic rings. The van der Waals surface area contributed by atoms with Gasteiger partial charge in [0.1, 0.15) is 18.2 Å². The van der Waals surface area contributed by atoms with Gasteiger partial charge in [-0.25, -0.2) is 19.0 Å². The smallest absolute Gasteiger partial charge is 0.375 e. The van der Waals surface area contributed by atoms with Gasteiger partial charge in [0.05, 0.1) is 24.5 Å². The number of carbonyl (C=O) groups excluding carboxylic acids is 1. The quantitative estimate of drug-likeness (QED) is 0.708. The van der Waals surface area contributed by atoms with Crippen molar-refractivity contribution in [3.05, 3.63) is 60.0 Å². The third kappa shape index (κ3) is 4.80. The van der Waals surface area contributed by atoms with Crippen molar-refractivity contribution in [3.8, 4) is 5.82 Å². The number of carbonyl (C=O) groups is 1. The third-order valence-corrected chi connectivity index (χ3v) is 4.87. The van der Waals surface area contributed by atoms with Gasteiger partial charge in [-0.1, -0.05) is 6.08 Å². The fourth-order valence-corrected chi connectivity index (χ4v) is 3.30. The first-order chi connectivity index (χ1) is 14.8. The maximum atomic E-state index is 14.6. The number of morpholine rings is 1. The lowest BCUT2D eigenvalue weighted by molar-refractivity contribution is -0.141. The number of halogens is 4.